The number of nitrogens with zero attached hydrogens (tertiary/aromatic N) is 2. The summed E-state index contributed by atoms with van der Waals surface area (Å²) in [5.41, 5.74) is 2.71. The van der Waals surface area contributed by atoms with Crippen molar-refractivity contribution in [2.75, 3.05) is 13.1 Å². The van der Waals surface area contributed by atoms with Crippen molar-refractivity contribution in [3.8, 4) is 0 Å². The van der Waals surface area contributed by atoms with Gasteiger partial charge in [0.25, 0.3) is 0 Å². The number of H-pyrrole nitrogens is 1. The first-order valence-electron chi connectivity index (χ1n) is 6.66. The lowest BCUT2D eigenvalue weighted by atomic mass is 9.89. The Morgan fingerprint density at radius 1 is 1.17 bits per heavy atom. The standard InChI is InChI=1S/C15H19N3/c1-2-4-13(5-3-1)14-6-8-18(9-7-14)11-15-10-16-12-17-15/h1-5,10,12,14H,6-9,11H2,(H,16,17). The zero-order chi connectivity index (χ0) is 12.2. The van der Waals surface area contributed by atoms with Gasteiger partial charge in [-0.1, -0.05) is 30.3 Å². The third-order valence-corrected chi connectivity index (χ3v) is 3.81. The van der Waals surface area contributed by atoms with E-state index in [1.54, 1.807) is 6.33 Å². The molecule has 1 fully saturated rings. The van der Waals surface area contributed by atoms with Crippen LogP contribution in [0.2, 0.25) is 0 Å². The van der Waals surface area contributed by atoms with Crippen molar-refractivity contribution in [1.29, 1.82) is 0 Å². The highest BCUT2D eigenvalue weighted by Gasteiger charge is 2.20. The molecular formula is C15H19N3. The van der Waals surface area contributed by atoms with E-state index >= 15 is 0 Å². The van der Waals surface area contributed by atoms with Crippen LogP contribution < -0.4 is 0 Å². The Labute approximate surface area is 108 Å². The number of hydrogen-bond acceptors (Lipinski definition) is 2. The summed E-state index contributed by atoms with van der Waals surface area (Å²) in [6.45, 7) is 3.36. The van der Waals surface area contributed by atoms with Gasteiger partial charge in [-0.05, 0) is 37.4 Å². The van der Waals surface area contributed by atoms with Crippen molar-refractivity contribution in [1.82, 2.24) is 14.9 Å². The number of nitrogens with one attached hydrogen (secondary N) is 1. The van der Waals surface area contributed by atoms with Crippen molar-refractivity contribution >= 4 is 0 Å². The Kier molecular flexibility index (Phi) is 3.42. The summed E-state index contributed by atoms with van der Waals surface area (Å²) in [5, 5.41) is 0. The van der Waals surface area contributed by atoms with Gasteiger partial charge < -0.3 is 4.98 Å². The lowest BCUT2D eigenvalue weighted by Crippen LogP contribution is -2.32. The van der Waals surface area contributed by atoms with E-state index in [-0.39, 0.29) is 0 Å². The molecule has 1 aliphatic heterocycles. The Hall–Kier alpha value is -1.61. The normalized spacial score (nSPS) is 18.0. The minimum atomic E-state index is 0.740. The van der Waals surface area contributed by atoms with Gasteiger partial charge in [-0.15, -0.1) is 0 Å². The Morgan fingerprint density at radius 2 is 1.94 bits per heavy atom. The largest absolute Gasteiger partial charge is 0.347 e. The number of aromatic nitrogens is 2. The molecule has 1 aromatic carbocycles. The molecule has 0 aliphatic carbocycles. The molecule has 0 unspecified atom stereocenters. The Morgan fingerprint density at radius 3 is 2.61 bits per heavy atom. The van der Waals surface area contributed by atoms with Gasteiger partial charge in [0.15, 0.2) is 0 Å². The van der Waals surface area contributed by atoms with Gasteiger partial charge in [-0.3, -0.25) is 4.90 Å². The van der Waals surface area contributed by atoms with E-state index in [1.807, 2.05) is 6.20 Å². The third kappa shape index (κ3) is 2.62. The van der Waals surface area contributed by atoms with Crippen LogP contribution in [0.1, 0.15) is 30.0 Å². The number of piperidine rings is 1. The Bertz CT molecular complexity index is 456. The predicted octanol–water partition coefficient (Wildman–Crippen LogP) is 2.79. The maximum atomic E-state index is 4.07. The minimum absolute atomic E-state index is 0.740. The van der Waals surface area contributed by atoms with Crippen LogP contribution in [0.3, 0.4) is 0 Å². The molecule has 1 saturated heterocycles. The summed E-state index contributed by atoms with van der Waals surface area (Å²) in [5.74, 6) is 0.740. The second kappa shape index (κ2) is 5.36. The lowest BCUT2D eigenvalue weighted by molar-refractivity contribution is 0.203. The number of hydrogen-bond donors (Lipinski definition) is 1. The van der Waals surface area contributed by atoms with Crippen LogP contribution in [0.5, 0.6) is 0 Å². The van der Waals surface area contributed by atoms with E-state index in [1.165, 1.54) is 37.2 Å². The first kappa shape index (κ1) is 11.5. The quantitative estimate of drug-likeness (QED) is 0.896. The molecule has 0 saturated carbocycles. The minimum Gasteiger partial charge on any atom is -0.347 e. The van der Waals surface area contributed by atoms with Gasteiger partial charge in [0.05, 0.1) is 6.33 Å². The molecule has 0 amide bonds. The summed E-state index contributed by atoms with van der Waals surface area (Å²) in [6, 6.07) is 10.9. The molecule has 2 heterocycles. The van der Waals surface area contributed by atoms with Crippen LogP contribution in [-0.4, -0.2) is 28.0 Å². The summed E-state index contributed by atoms with van der Waals surface area (Å²) in [4.78, 5) is 9.75. The second-order valence-corrected chi connectivity index (χ2v) is 5.04. The average Bonchev–Trinajstić information content (AvgIpc) is 2.94. The molecule has 94 valence electrons. The van der Waals surface area contributed by atoms with Gasteiger partial charge in [-0.25, -0.2) is 4.98 Å². The molecule has 3 heteroatoms. The molecule has 0 atom stereocenters. The van der Waals surface area contributed by atoms with Gasteiger partial charge in [0, 0.05) is 18.4 Å². The molecule has 3 nitrogen and oxygen atoms in total. The molecule has 2 aromatic rings. The highest BCUT2D eigenvalue weighted by molar-refractivity contribution is 5.20. The summed E-state index contributed by atoms with van der Waals surface area (Å²) in [7, 11) is 0. The topological polar surface area (TPSA) is 31.9 Å². The second-order valence-electron chi connectivity index (χ2n) is 5.04. The van der Waals surface area contributed by atoms with E-state index in [4.69, 9.17) is 0 Å². The van der Waals surface area contributed by atoms with E-state index < -0.39 is 0 Å². The van der Waals surface area contributed by atoms with Crippen LogP contribution >= 0.6 is 0 Å². The number of aromatic amines is 1. The van der Waals surface area contributed by atoms with Gasteiger partial charge in [0.1, 0.15) is 0 Å². The van der Waals surface area contributed by atoms with Crippen molar-refractivity contribution in [2.45, 2.75) is 25.3 Å². The van der Waals surface area contributed by atoms with Gasteiger partial charge >= 0.3 is 0 Å². The SMILES string of the molecule is c1ccc(C2CCN(Cc3cnc[nH]3)CC2)cc1. The van der Waals surface area contributed by atoms with Gasteiger partial charge in [0.2, 0.25) is 0 Å². The predicted molar refractivity (Wildman–Crippen MR) is 72.3 cm³/mol. The van der Waals surface area contributed by atoms with Crippen molar-refractivity contribution in [2.24, 2.45) is 0 Å². The average molecular weight is 241 g/mol. The molecule has 0 bridgehead atoms. The first-order valence-corrected chi connectivity index (χ1v) is 6.66. The molecular weight excluding hydrogens is 222 g/mol. The van der Waals surface area contributed by atoms with Crippen LogP contribution in [-0.2, 0) is 6.54 Å². The first-order chi connectivity index (χ1) is 8.92. The van der Waals surface area contributed by atoms with Crippen LogP contribution in [0, 0.1) is 0 Å². The number of likely N-dealkylation sites (tertiary alicyclic amines) is 1. The molecule has 0 spiro atoms. The number of rotatable bonds is 3. The highest BCUT2D eigenvalue weighted by Crippen LogP contribution is 2.28. The maximum Gasteiger partial charge on any atom is 0.0922 e. The molecule has 1 aromatic heterocycles. The maximum absolute atomic E-state index is 4.07. The molecule has 18 heavy (non-hydrogen) atoms. The van der Waals surface area contributed by atoms with Crippen molar-refractivity contribution in [3.05, 3.63) is 54.1 Å². The number of imidazole rings is 1. The Balaban J connectivity index is 1.55. The third-order valence-electron chi connectivity index (χ3n) is 3.81. The fourth-order valence-corrected chi connectivity index (χ4v) is 2.76. The monoisotopic (exact) mass is 241 g/mol. The van der Waals surface area contributed by atoms with E-state index in [2.05, 4.69) is 45.2 Å². The fraction of sp³-hybridized carbons (Fsp3) is 0.400. The van der Waals surface area contributed by atoms with E-state index in [0.717, 1.165) is 12.5 Å². The van der Waals surface area contributed by atoms with E-state index in [0.29, 0.717) is 0 Å². The zero-order valence-electron chi connectivity index (χ0n) is 10.5. The van der Waals surface area contributed by atoms with Crippen LogP contribution in [0.15, 0.2) is 42.9 Å². The van der Waals surface area contributed by atoms with Gasteiger partial charge in [-0.2, -0.15) is 0 Å². The highest BCUT2D eigenvalue weighted by atomic mass is 15.1. The van der Waals surface area contributed by atoms with Crippen LogP contribution in [0.4, 0.5) is 0 Å². The summed E-state index contributed by atoms with van der Waals surface area (Å²) < 4.78 is 0. The summed E-state index contributed by atoms with van der Waals surface area (Å²) >= 11 is 0. The lowest BCUT2D eigenvalue weighted by Gasteiger charge is -2.31. The van der Waals surface area contributed by atoms with Crippen LogP contribution in [0.25, 0.3) is 0 Å². The van der Waals surface area contributed by atoms with E-state index in [9.17, 15) is 0 Å². The number of benzene rings is 1. The summed E-state index contributed by atoms with van der Waals surface area (Å²) in [6.07, 6.45) is 6.20. The molecule has 1 aliphatic rings. The smallest absolute Gasteiger partial charge is 0.0922 e. The fourth-order valence-electron chi connectivity index (χ4n) is 2.76. The molecule has 0 radical (unpaired) electrons. The van der Waals surface area contributed by atoms with Crippen molar-refractivity contribution < 1.29 is 0 Å². The molecule has 3 rings (SSSR count). The zero-order valence-corrected chi connectivity index (χ0v) is 10.5. The van der Waals surface area contributed by atoms with Crippen molar-refractivity contribution in [3.63, 3.8) is 0 Å². The molecule has 1 N–H and O–H groups in total.